The minimum Gasteiger partial charge on any atom is -1.00 e. The molecule has 0 atom stereocenters. The molecule has 0 heterocycles. The van der Waals surface area contributed by atoms with Crippen molar-refractivity contribution in [3.05, 3.63) is 0 Å². The molecule has 0 amide bonds. The third kappa shape index (κ3) is 25.1. The summed E-state index contributed by atoms with van der Waals surface area (Å²) in [5.74, 6) is 0. The van der Waals surface area contributed by atoms with Crippen LogP contribution in [0.5, 0.6) is 0 Å². The van der Waals surface area contributed by atoms with Crippen molar-refractivity contribution in [3.63, 3.8) is 0 Å². The molecule has 0 aliphatic rings. The minimum absolute atomic E-state index is 0. The minimum atomic E-state index is 0. The summed E-state index contributed by atoms with van der Waals surface area (Å²) in [5.41, 5.74) is 0. The Hall–Kier alpha value is 2.17. The van der Waals surface area contributed by atoms with Crippen molar-refractivity contribution in [2.75, 3.05) is 0 Å². The van der Waals surface area contributed by atoms with Crippen LogP contribution in [0.2, 0.25) is 0 Å². The van der Waals surface area contributed by atoms with Crippen LogP contribution in [0.15, 0.2) is 0 Å². The van der Waals surface area contributed by atoms with Crippen LogP contribution in [0, 0.1) is 0 Å². The first kappa shape index (κ1) is 27.0. The molecular formula is C18H39AlK. The number of unbranched alkanes of at least 4 members (excludes halogenated alkanes) is 15. The molecule has 0 nitrogen and oxygen atoms in total. The molecule has 115 valence electrons. The smallest absolute Gasteiger partial charge is 1.00 e. The summed E-state index contributed by atoms with van der Waals surface area (Å²) in [6.07, 6.45) is 23.4. The Labute approximate surface area is 184 Å². The molecule has 0 aliphatic heterocycles. The molecule has 0 fully saturated rings. The van der Waals surface area contributed by atoms with Crippen LogP contribution in [0.1, 0.15) is 118 Å². The first-order chi connectivity index (χ1) is 8.91. The molecule has 3 radical (unpaired) electrons. The zero-order valence-corrected chi connectivity index (χ0v) is 19.2. The van der Waals surface area contributed by atoms with Crippen molar-refractivity contribution < 1.29 is 52.8 Å². The van der Waals surface area contributed by atoms with E-state index in [4.69, 9.17) is 0 Å². The second kappa shape index (κ2) is 26.1. The number of hydrogen-bond acceptors (Lipinski definition) is 0. The predicted molar refractivity (Wildman–Crippen MR) is 92.1 cm³/mol. The maximum Gasteiger partial charge on any atom is 1.00 e. The van der Waals surface area contributed by atoms with E-state index in [0.717, 1.165) is 0 Å². The Morgan fingerprint density at radius 1 is 0.400 bits per heavy atom. The van der Waals surface area contributed by atoms with Gasteiger partial charge in [-0.2, -0.15) is 0 Å². The molecule has 0 aromatic rings. The van der Waals surface area contributed by atoms with Gasteiger partial charge in [-0.15, -0.1) is 0 Å². The number of hydrogen-bond donors (Lipinski definition) is 0. The Morgan fingerprint density at radius 3 is 0.700 bits per heavy atom. The topological polar surface area (TPSA) is 0 Å². The summed E-state index contributed by atoms with van der Waals surface area (Å²) in [6, 6.07) is 0. The van der Waals surface area contributed by atoms with Crippen LogP contribution in [-0.4, -0.2) is 17.4 Å². The zero-order chi connectivity index (χ0) is 13.3. The van der Waals surface area contributed by atoms with Gasteiger partial charge in [-0.3, -0.25) is 0 Å². The van der Waals surface area contributed by atoms with Gasteiger partial charge in [-0.05, 0) is 0 Å². The molecular weight excluding hydrogens is 282 g/mol. The van der Waals surface area contributed by atoms with Gasteiger partial charge in [-0.25, -0.2) is 0 Å². The first-order valence-electron chi connectivity index (χ1n) is 8.91. The molecule has 0 unspecified atom stereocenters. The second-order valence-corrected chi connectivity index (χ2v) is 5.95. The molecule has 20 heavy (non-hydrogen) atoms. The van der Waals surface area contributed by atoms with Crippen molar-refractivity contribution in [2.45, 2.75) is 117 Å². The zero-order valence-electron chi connectivity index (χ0n) is 15.9. The Bertz CT molecular complexity index is 129. The SMILES string of the molecule is CCCCCCCCCCCCCCCCCC.[Al].[H-].[K+]. The molecule has 2 heteroatoms. The van der Waals surface area contributed by atoms with Crippen molar-refractivity contribution >= 4 is 17.4 Å². The molecule has 0 aliphatic carbocycles. The van der Waals surface area contributed by atoms with Gasteiger partial charge in [0.1, 0.15) is 0 Å². The van der Waals surface area contributed by atoms with E-state index in [0.29, 0.717) is 0 Å². The fourth-order valence-corrected chi connectivity index (χ4v) is 2.62. The summed E-state index contributed by atoms with van der Waals surface area (Å²) < 4.78 is 0. The van der Waals surface area contributed by atoms with E-state index >= 15 is 0 Å². The van der Waals surface area contributed by atoms with Gasteiger partial charge in [-0.1, -0.05) is 117 Å². The Morgan fingerprint density at radius 2 is 0.550 bits per heavy atom. The molecule has 0 saturated heterocycles. The third-order valence-corrected chi connectivity index (χ3v) is 3.96. The summed E-state index contributed by atoms with van der Waals surface area (Å²) in [4.78, 5) is 0. The van der Waals surface area contributed by atoms with E-state index < -0.39 is 0 Å². The largest absolute Gasteiger partial charge is 1.00 e. The molecule has 0 bridgehead atoms. The molecule has 0 rings (SSSR count). The third-order valence-electron chi connectivity index (χ3n) is 3.96. The summed E-state index contributed by atoms with van der Waals surface area (Å²) in [6.45, 7) is 4.59. The van der Waals surface area contributed by atoms with Gasteiger partial charge in [0, 0.05) is 17.4 Å². The normalized spacial score (nSPS) is 9.90. The van der Waals surface area contributed by atoms with Crippen molar-refractivity contribution in [1.29, 1.82) is 0 Å². The van der Waals surface area contributed by atoms with Crippen LogP contribution in [0.25, 0.3) is 0 Å². The molecule has 0 aromatic heterocycles. The number of rotatable bonds is 15. The Kier molecular flexibility index (Phi) is 35.3. The van der Waals surface area contributed by atoms with E-state index in [1.807, 2.05) is 0 Å². The fourth-order valence-electron chi connectivity index (χ4n) is 2.62. The fraction of sp³-hybridized carbons (Fsp3) is 1.00. The summed E-state index contributed by atoms with van der Waals surface area (Å²) in [5, 5.41) is 0. The average Bonchev–Trinajstić information content (AvgIpc) is 2.39. The quantitative estimate of drug-likeness (QED) is 0.316. The monoisotopic (exact) mass is 321 g/mol. The Balaban J connectivity index is -0.000000482. The van der Waals surface area contributed by atoms with Crippen molar-refractivity contribution in [3.8, 4) is 0 Å². The first-order valence-corrected chi connectivity index (χ1v) is 8.91. The maximum absolute atomic E-state index is 2.29. The van der Waals surface area contributed by atoms with Crippen molar-refractivity contribution in [1.82, 2.24) is 0 Å². The second-order valence-electron chi connectivity index (χ2n) is 5.95. The van der Waals surface area contributed by atoms with Gasteiger partial charge < -0.3 is 1.43 Å². The van der Waals surface area contributed by atoms with Crippen LogP contribution in [-0.2, 0) is 0 Å². The van der Waals surface area contributed by atoms with Gasteiger partial charge in [0.15, 0.2) is 0 Å². The van der Waals surface area contributed by atoms with Gasteiger partial charge >= 0.3 is 51.4 Å². The summed E-state index contributed by atoms with van der Waals surface area (Å²) >= 11 is 0. The molecule has 0 spiro atoms. The van der Waals surface area contributed by atoms with Crippen LogP contribution < -0.4 is 51.4 Å². The van der Waals surface area contributed by atoms with E-state index in [-0.39, 0.29) is 70.2 Å². The van der Waals surface area contributed by atoms with E-state index in [1.54, 1.807) is 0 Å². The molecule has 0 saturated carbocycles. The van der Waals surface area contributed by atoms with E-state index in [2.05, 4.69) is 13.8 Å². The maximum atomic E-state index is 2.29. The van der Waals surface area contributed by atoms with E-state index in [1.165, 1.54) is 103 Å². The standard InChI is InChI=1S/C18H38.Al.K.H/c1-3-5-7-9-11-13-15-17-18-16-14-12-10-8-6-4-2;;;/h3-18H2,1-2H3;;;/q;;+1;-1. The van der Waals surface area contributed by atoms with E-state index in [9.17, 15) is 0 Å². The summed E-state index contributed by atoms with van der Waals surface area (Å²) in [7, 11) is 0. The molecule has 0 N–H and O–H groups in total. The van der Waals surface area contributed by atoms with Gasteiger partial charge in [0.05, 0.1) is 0 Å². The van der Waals surface area contributed by atoms with Gasteiger partial charge in [0.2, 0.25) is 0 Å². The van der Waals surface area contributed by atoms with Crippen LogP contribution in [0.3, 0.4) is 0 Å². The van der Waals surface area contributed by atoms with Crippen LogP contribution >= 0.6 is 0 Å². The van der Waals surface area contributed by atoms with Crippen molar-refractivity contribution in [2.24, 2.45) is 0 Å². The van der Waals surface area contributed by atoms with Gasteiger partial charge in [0.25, 0.3) is 0 Å². The average molecular weight is 322 g/mol. The molecule has 0 aromatic carbocycles. The van der Waals surface area contributed by atoms with Crippen LogP contribution in [0.4, 0.5) is 0 Å². The predicted octanol–water partition coefficient (Wildman–Crippen LogP) is 4.00.